The smallest absolute Gasteiger partial charge is 0.144 e. The third-order valence-electron chi connectivity index (χ3n) is 5.30. The molecule has 0 bridgehead atoms. The molecular weight excluding hydrogens is 290 g/mol. The highest BCUT2D eigenvalue weighted by molar-refractivity contribution is 5.84. The van der Waals surface area contributed by atoms with Crippen molar-refractivity contribution >= 4 is 5.78 Å². The molecule has 0 aromatic heterocycles. The summed E-state index contributed by atoms with van der Waals surface area (Å²) < 4.78 is 11.0. The number of rotatable bonds is 6. The summed E-state index contributed by atoms with van der Waals surface area (Å²) >= 11 is 0. The Balaban J connectivity index is 0.000000463. The van der Waals surface area contributed by atoms with E-state index in [0.29, 0.717) is 5.78 Å². The first kappa shape index (κ1) is 20.6. The second kappa shape index (κ2) is 12.0. The Morgan fingerprint density at radius 2 is 1.35 bits per heavy atom. The number of methoxy groups -OCH3 is 2. The summed E-state index contributed by atoms with van der Waals surface area (Å²) in [6.07, 6.45) is 11.5. The molecule has 2 N–H and O–H groups in total. The maximum absolute atomic E-state index is 12.7. The summed E-state index contributed by atoms with van der Waals surface area (Å²) in [4.78, 5) is 12.7. The molecule has 136 valence electrons. The van der Waals surface area contributed by atoms with E-state index in [2.05, 4.69) is 6.92 Å². The van der Waals surface area contributed by atoms with Crippen molar-refractivity contribution < 1.29 is 14.3 Å². The molecular formula is C19H37NO3. The lowest BCUT2D eigenvalue weighted by Crippen LogP contribution is -2.42. The van der Waals surface area contributed by atoms with Crippen molar-refractivity contribution in [3.05, 3.63) is 0 Å². The van der Waals surface area contributed by atoms with Gasteiger partial charge in [-0.15, -0.1) is 0 Å². The van der Waals surface area contributed by atoms with E-state index in [1.807, 2.05) is 0 Å². The molecule has 0 aromatic rings. The van der Waals surface area contributed by atoms with Crippen LogP contribution in [0.2, 0.25) is 0 Å². The molecule has 2 saturated carbocycles. The lowest BCUT2D eigenvalue weighted by molar-refractivity contribution is -0.139. The van der Waals surface area contributed by atoms with Gasteiger partial charge in [0.2, 0.25) is 0 Å². The number of Topliss-reactive ketones (excluding diaryl/α,β-unsaturated/α-hetero) is 1. The van der Waals surface area contributed by atoms with Crippen LogP contribution in [0.1, 0.15) is 71.1 Å². The number of hydrogen-bond acceptors (Lipinski definition) is 4. The predicted molar refractivity (Wildman–Crippen MR) is 94.5 cm³/mol. The van der Waals surface area contributed by atoms with Gasteiger partial charge in [0, 0.05) is 26.1 Å². The van der Waals surface area contributed by atoms with Gasteiger partial charge in [-0.25, -0.2) is 0 Å². The van der Waals surface area contributed by atoms with Crippen molar-refractivity contribution in [2.75, 3.05) is 20.8 Å². The second-order valence-electron chi connectivity index (χ2n) is 6.87. The average molecular weight is 328 g/mol. The number of unbranched alkanes of at least 4 members (excludes halogenated alkanes) is 1. The molecule has 2 rings (SSSR count). The average Bonchev–Trinajstić information content (AvgIpc) is 2.62. The van der Waals surface area contributed by atoms with Crippen LogP contribution in [-0.4, -0.2) is 38.8 Å². The van der Waals surface area contributed by atoms with E-state index in [1.54, 1.807) is 14.2 Å². The summed E-state index contributed by atoms with van der Waals surface area (Å²) in [5.41, 5.74) is 5.14. The van der Waals surface area contributed by atoms with E-state index in [9.17, 15) is 4.79 Å². The number of hydrogen-bond donors (Lipinski definition) is 1. The van der Waals surface area contributed by atoms with Gasteiger partial charge in [-0.3, -0.25) is 4.79 Å². The number of nitrogens with two attached hydrogens (primary N) is 1. The monoisotopic (exact) mass is 327 g/mol. The SMILES string of the molecule is CCCCN.COC1CCCCC1C(=O)C1CCCCC1OC. The summed E-state index contributed by atoms with van der Waals surface area (Å²) in [6.45, 7) is 2.98. The molecule has 2 aliphatic carbocycles. The van der Waals surface area contributed by atoms with Crippen LogP contribution in [-0.2, 0) is 14.3 Å². The third-order valence-corrected chi connectivity index (χ3v) is 5.30. The molecule has 2 fully saturated rings. The normalized spacial score (nSPS) is 31.1. The fourth-order valence-electron chi connectivity index (χ4n) is 3.89. The minimum atomic E-state index is 0.115. The lowest BCUT2D eigenvalue weighted by Gasteiger charge is -2.36. The molecule has 4 heteroatoms. The van der Waals surface area contributed by atoms with Crippen LogP contribution in [0.4, 0.5) is 0 Å². The molecule has 0 aliphatic heterocycles. The molecule has 0 radical (unpaired) electrons. The zero-order valence-electron chi connectivity index (χ0n) is 15.4. The Kier molecular flexibility index (Phi) is 10.7. The fourth-order valence-corrected chi connectivity index (χ4v) is 3.89. The first-order chi connectivity index (χ1) is 11.2. The zero-order chi connectivity index (χ0) is 17.1. The maximum Gasteiger partial charge on any atom is 0.144 e. The van der Waals surface area contributed by atoms with Crippen molar-refractivity contribution in [2.24, 2.45) is 17.6 Å². The molecule has 0 saturated heterocycles. The van der Waals surface area contributed by atoms with Crippen LogP contribution in [0.25, 0.3) is 0 Å². The van der Waals surface area contributed by atoms with Crippen LogP contribution in [0.3, 0.4) is 0 Å². The van der Waals surface area contributed by atoms with E-state index in [4.69, 9.17) is 15.2 Å². The predicted octanol–water partition coefficient (Wildman–Crippen LogP) is 3.71. The van der Waals surface area contributed by atoms with E-state index < -0.39 is 0 Å². The van der Waals surface area contributed by atoms with E-state index in [0.717, 1.165) is 32.2 Å². The van der Waals surface area contributed by atoms with E-state index >= 15 is 0 Å². The largest absolute Gasteiger partial charge is 0.381 e. The Morgan fingerprint density at radius 3 is 1.65 bits per heavy atom. The molecule has 0 heterocycles. The highest BCUT2D eigenvalue weighted by Crippen LogP contribution is 2.35. The highest BCUT2D eigenvalue weighted by atomic mass is 16.5. The van der Waals surface area contributed by atoms with Gasteiger partial charge < -0.3 is 15.2 Å². The van der Waals surface area contributed by atoms with Crippen LogP contribution >= 0.6 is 0 Å². The number of ketones is 1. The van der Waals surface area contributed by atoms with Crippen LogP contribution in [0.5, 0.6) is 0 Å². The van der Waals surface area contributed by atoms with Gasteiger partial charge in [0.05, 0.1) is 12.2 Å². The van der Waals surface area contributed by atoms with Gasteiger partial charge in [0.1, 0.15) is 5.78 Å². The molecule has 0 amide bonds. The van der Waals surface area contributed by atoms with Crippen molar-refractivity contribution in [3.63, 3.8) is 0 Å². The van der Waals surface area contributed by atoms with Gasteiger partial charge in [-0.05, 0) is 38.6 Å². The van der Waals surface area contributed by atoms with E-state index in [1.165, 1.54) is 38.5 Å². The van der Waals surface area contributed by atoms with Crippen molar-refractivity contribution in [1.82, 2.24) is 0 Å². The van der Waals surface area contributed by atoms with Gasteiger partial charge in [0.15, 0.2) is 0 Å². The molecule has 4 unspecified atom stereocenters. The van der Waals surface area contributed by atoms with Gasteiger partial charge >= 0.3 is 0 Å². The Morgan fingerprint density at radius 1 is 0.913 bits per heavy atom. The summed E-state index contributed by atoms with van der Waals surface area (Å²) in [7, 11) is 3.48. The number of ether oxygens (including phenoxy) is 2. The molecule has 4 atom stereocenters. The molecule has 0 spiro atoms. The van der Waals surface area contributed by atoms with Crippen molar-refractivity contribution in [2.45, 2.75) is 83.3 Å². The van der Waals surface area contributed by atoms with Gasteiger partial charge in [-0.2, -0.15) is 0 Å². The standard InChI is InChI=1S/C15H26O3.C4H11N/c1-17-13-9-5-3-7-11(13)15(16)12-8-4-6-10-14(12)18-2;1-2-3-4-5/h11-14H,3-10H2,1-2H3;2-5H2,1H3. The van der Waals surface area contributed by atoms with Gasteiger partial charge in [-0.1, -0.05) is 39.0 Å². The van der Waals surface area contributed by atoms with E-state index in [-0.39, 0.29) is 24.0 Å². The first-order valence-corrected chi connectivity index (χ1v) is 9.48. The molecule has 0 aromatic carbocycles. The number of carbonyl (C=O) groups is 1. The Bertz CT molecular complexity index is 294. The minimum Gasteiger partial charge on any atom is -0.381 e. The maximum atomic E-state index is 12.7. The quantitative estimate of drug-likeness (QED) is 0.808. The van der Waals surface area contributed by atoms with Crippen LogP contribution in [0, 0.1) is 11.8 Å². The van der Waals surface area contributed by atoms with Crippen molar-refractivity contribution in [1.29, 1.82) is 0 Å². The number of carbonyl (C=O) groups excluding carboxylic acids is 1. The lowest BCUT2D eigenvalue weighted by atomic mass is 9.74. The minimum absolute atomic E-state index is 0.115. The second-order valence-corrected chi connectivity index (χ2v) is 6.87. The fraction of sp³-hybridized carbons (Fsp3) is 0.947. The topological polar surface area (TPSA) is 61.5 Å². The summed E-state index contributed by atoms with van der Waals surface area (Å²) in [5, 5.41) is 0. The van der Waals surface area contributed by atoms with Crippen molar-refractivity contribution in [3.8, 4) is 0 Å². The zero-order valence-corrected chi connectivity index (χ0v) is 15.4. The first-order valence-electron chi connectivity index (χ1n) is 9.48. The Hall–Kier alpha value is -0.450. The molecule has 23 heavy (non-hydrogen) atoms. The highest BCUT2D eigenvalue weighted by Gasteiger charge is 2.39. The third kappa shape index (κ3) is 6.52. The van der Waals surface area contributed by atoms with Crippen LogP contribution < -0.4 is 5.73 Å². The Labute approximate surface area is 142 Å². The van der Waals surface area contributed by atoms with Gasteiger partial charge in [0.25, 0.3) is 0 Å². The molecule has 4 nitrogen and oxygen atoms in total. The van der Waals surface area contributed by atoms with Crippen LogP contribution in [0.15, 0.2) is 0 Å². The summed E-state index contributed by atoms with van der Waals surface area (Å²) in [6, 6.07) is 0. The molecule has 2 aliphatic rings. The summed E-state index contributed by atoms with van der Waals surface area (Å²) in [5.74, 6) is 0.641.